The summed E-state index contributed by atoms with van der Waals surface area (Å²) in [5.74, 6) is -2.82. The molecule has 17 heavy (non-hydrogen) atoms. The number of methoxy groups -OCH3 is 2. The topological polar surface area (TPSA) is 78.9 Å². The Kier molecular flexibility index (Phi) is 4.81. The summed E-state index contributed by atoms with van der Waals surface area (Å²) < 4.78 is 69.3. The molecule has 0 bridgehead atoms. The maximum atomic E-state index is 12.0. The third-order valence-electron chi connectivity index (χ3n) is 1.41. The van der Waals surface area contributed by atoms with Crippen LogP contribution in [0.15, 0.2) is 11.5 Å². The molecule has 0 fully saturated rings. The summed E-state index contributed by atoms with van der Waals surface area (Å²) in [4.78, 5) is 11.0. The molecule has 0 N–H and O–H groups in total. The Morgan fingerprint density at radius 2 is 1.59 bits per heavy atom. The minimum absolute atomic E-state index is 0.777. The summed E-state index contributed by atoms with van der Waals surface area (Å²) in [5, 5.41) is 0. The smallest absolute Gasteiger partial charge is 0.488 e. The fraction of sp³-hybridized carbons (Fsp3) is 0.571. The van der Waals surface area contributed by atoms with Crippen LogP contribution in [-0.2, 0) is 28.6 Å². The fourth-order valence-corrected chi connectivity index (χ4v) is 1.21. The summed E-state index contributed by atoms with van der Waals surface area (Å²) in [6.07, 6.45) is 0. The first kappa shape index (κ1) is 15.5. The highest BCUT2D eigenvalue weighted by atomic mass is 32.2. The molecule has 100 valence electrons. The minimum Gasteiger partial charge on any atom is -0.488 e. The van der Waals surface area contributed by atoms with E-state index >= 15 is 0 Å². The number of alkyl halides is 3. The molecule has 10 heteroatoms. The van der Waals surface area contributed by atoms with Gasteiger partial charge in [-0.3, -0.25) is 0 Å². The number of carbonyl (C=O) groups excluding carboxylic acids is 1. The van der Waals surface area contributed by atoms with Crippen LogP contribution in [0.4, 0.5) is 13.2 Å². The number of hydrogen-bond donors (Lipinski definition) is 0. The van der Waals surface area contributed by atoms with Crippen molar-refractivity contribution in [3.63, 3.8) is 0 Å². The van der Waals surface area contributed by atoms with Crippen molar-refractivity contribution in [1.82, 2.24) is 0 Å². The second-order valence-corrected chi connectivity index (χ2v) is 4.10. The van der Waals surface area contributed by atoms with E-state index in [1.54, 1.807) is 0 Å². The van der Waals surface area contributed by atoms with E-state index in [-0.39, 0.29) is 0 Å². The monoisotopic (exact) mass is 278 g/mol. The first-order valence-electron chi connectivity index (χ1n) is 3.90. The van der Waals surface area contributed by atoms with Crippen molar-refractivity contribution < 1.29 is 40.0 Å². The number of carbonyl (C=O) groups is 1. The Labute approximate surface area is 95.1 Å². The van der Waals surface area contributed by atoms with Gasteiger partial charge in [0.05, 0.1) is 14.2 Å². The van der Waals surface area contributed by atoms with Gasteiger partial charge in [-0.1, -0.05) is 0 Å². The van der Waals surface area contributed by atoms with E-state index in [0.717, 1.165) is 21.1 Å². The van der Waals surface area contributed by atoms with E-state index in [1.165, 1.54) is 0 Å². The summed E-state index contributed by atoms with van der Waals surface area (Å²) in [7, 11) is -3.96. The Morgan fingerprint density at radius 3 is 1.88 bits per heavy atom. The molecule has 0 aromatic carbocycles. The molecule has 0 heterocycles. The van der Waals surface area contributed by atoms with Gasteiger partial charge in [0.2, 0.25) is 5.76 Å². The maximum Gasteiger partial charge on any atom is 0.534 e. The molecule has 0 aliphatic rings. The second kappa shape index (κ2) is 5.25. The van der Waals surface area contributed by atoms with Gasteiger partial charge in [0.15, 0.2) is 5.76 Å². The Balaban J connectivity index is 5.27. The van der Waals surface area contributed by atoms with Crippen LogP contribution in [-0.4, -0.2) is 34.1 Å². The lowest BCUT2D eigenvalue weighted by molar-refractivity contribution is -0.140. The largest absolute Gasteiger partial charge is 0.534 e. The second-order valence-electron chi connectivity index (χ2n) is 2.56. The number of esters is 1. The quantitative estimate of drug-likeness (QED) is 0.250. The van der Waals surface area contributed by atoms with E-state index in [4.69, 9.17) is 0 Å². The molecule has 0 saturated heterocycles. The van der Waals surface area contributed by atoms with Gasteiger partial charge in [0.25, 0.3) is 0 Å². The Hall–Kier alpha value is -1.45. The van der Waals surface area contributed by atoms with Crippen LogP contribution in [0.1, 0.15) is 6.92 Å². The van der Waals surface area contributed by atoms with Gasteiger partial charge < -0.3 is 13.7 Å². The molecule has 0 rings (SSSR count). The van der Waals surface area contributed by atoms with E-state index in [9.17, 15) is 26.4 Å². The first-order chi connectivity index (χ1) is 7.56. The zero-order chi connectivity index (χ0) is 13.9. The normalized spacial score (nSPS) is 13.8. The van der Waals surface area contributed by atoms with Crippen molar-refractivity contribution in [2.24, 2.45) is 0 Å². The third-order valence-corrected chi connectivity index (χ3v) is 2.45. The van der Waals surface area contributed by atoms with Crippen molar-refractivity contribution in [3.05, 3.63) is 11.5 Å². The van der Waals surface area contributed by atoms with Crippen molar-refractivity contribution in [2.45, 2.75) is 12.4 Å². The van der Waals surface area contributed by atoms with Gasteiger partial charge in [0.1, 0.15) is 0 Å². The van der Waals surface area contributed by atoms with Crippen molar-refractivity contribution in [1.29, 1.82) is 0 Å². The average molecular weight is 278 g/mol. The number of hydrogen-bond acceptors (Lipinski definition) is 6. The highest BCUT2D eigenvalue weighted by Gasteiger charge is 2.49. The SMILES string of the molecule is COC(=O)/C(OC)=C(\C)OS(=O)(=O)C(F)(F)F. The lowest BCUT2D eigenvalue weighted by atomic mass is 10.4. The summed E-state index contributed by atoms with van der Waals surface area (Å²) >= 11 is 0. The van der Waals surface area contributed by atoms with Crippen LogP contribution in [0.3, 0.4) is 0 Å². The Morgan fingerprint density at radius 1 is 1.12 bits per heavy atom. The van der Waals surface area contributed by atoms with Crippen molar-refractivity contribution >= 4 is 16.1 Å². The molecule has 0 atom stereocenters. The highest BCUT2D eigenvalue weighted by Crippen LogP contribution is 2.27. The first-order valence-corrected chi connectivity index (χ1v) is 5.31. The zero-order valence-electron chi connectivity index (χ0n) is 8.99. The van der Waals surface area contributed by atoms with Gasteiger partial charge in [-0.05, 0) is 6.92 Å². The minimum atomic E-state index is -5.84. The van der Waals surface area contributed by atoms with Crippen LogP contribution in [0, 0.1) is 0 Å². The molecule has 6 nitrogen and oxygen atoms in total. The zero-order valence-corrected chi connectivity index (χ0v) is 9.81. The molecular formula is C7H9F3O6S. The van der Waals surface area contributed by atoms with Gasteiger partial charge in [-0.2, -0.15) is 21.6 Å². The lowest BCUT2D eigenvalue weighted by Crippen LogP contribution is -2.26. The van der Waals surface area contributed by atoms with E-state index in [1.807, 2.05) is 0 Å². The Bertz CT molecular complexity index is 421. The van der Waals surface area contributed by atoms with Crippen LogP contribution in [0.25, 0.3) is 0 Å². The molecule has 0 amide bonds. The van der Waals surface area contributed by atoms with Crippen LogP contribution >= 0.6 is 0 Å². The molecule has 0 aromatic rings. The van der Waals surface area contributed by atoms with Gasteiger partial charge in [-0.15, -0.1) is 0 Å². The average Bonchev–Trinajstić information content (AvgIpc) is 2.15. The van der Waals surface area contributed by atoms with Crippen molar-refractivity contribution in [3.8, 4) is 0 Å². The van der Waals surface area contributed by atoms with E-state index in [0.29, 0.717) is 0 Å². The van der Waals surface area contributed by atoms with E-state index in [2.05, 4.69) is 13.7 Å². The standard InChI is InChI=1S/C7H9F3O6S/c1-4(5(14-2)6(11)15-3)16-17(12,13)7(8,9)10/h1-3H3/b5-4-. The van der Waals surface area contributed by atoms with Gasteiger partial charge in [-0.25, -0.2) is 4.79 Å². The predicted octanol–water partition coefficient (Wildman–Crippen LogP) is 0.904. The number of rotatable bonds is 4. The number of allylic oxidation sites excluding steroid dienone is 1. The summed E-state index contributed by atoms with van der Waals surface area (Å²) in [6.45, 7) is 0.818. The highest BCUT2D eigenvalue weighted by molar-refractivity contribution is 7.87. The molecular weight excluding hydrogens is 269 g/mol. The third kappa shape index (κ3) is 3.80. The summed E-state index contributed by atoms with van der Waals surface area (Å²) in [5.41, 5.74) is -5.59. The molecule has 0 aromatic heterocycles. The predicted molar refractivity (Wildman–Crippen MR) is 47.8 cm³/mol. The lowest BCUT2D eigenvalue weighted by Gasteiger charge is -2.12. The van der Waals surface area contributed by atoms with Crippen molar-refractivity contribution in [2.75, 3.05) is 14.2 Å². The molecule has 0 radical (unpaired) electrons. The molecule has 0 aliphatic heterocycles. The van der Waals surface area contributed by atoms with Crippen LogP contribution < -0.4 is 0 Å². The molecule has 0 unspecified atom stereocenters. The van der Waals surface area contributed by atoms with Crippen LogP contribution in [0.2, 0.25) is 0 Å². The maximum absolute atomic E-state index is 12.0. The molecule has 0 saturated carbocycles. The fourth-order valence-electron chi connectivity index (χ4n) is 0.713. The van der Waals surface area contributed by atoms with E-state index < -0.39 is 33.1 Å². The van der Waals surface area contributed by atoms with Gasteiger partial charge in [0, 0.05) is 0 Å². The molecule has 0 aliphatic carbocycles. The van der Waals surface area contributed by atoms with Crippen LogP contribution in [0.5, 0.6) is 0 Å². The molecule has 0 spiro atoms. The van der Waals surface area contributed by atoms with Gasteiger partial charge >= 0.3 is 21.6 Å². The number of ether oxygens (including phenoxy) is 2. The number of halogens is 3. The summed E-state index contributed by atoms with van der Waals surface area (Å²) in [6, 6.07) is 0.